The van der Waals surface area contributed by atoms with E-state index >= 15 is 0 Å². The molecule has 1 rings (SSSR count). The molecular weight excluding hydrogens is 233 g/mol. The Balaban J connectivity index is 2.75. The number of esters is 1. The molecule has 0 aromatic heterocycles. The summed E-state index contributed by atoms with van der Waals surface area (Å²) in [5.74, 6) is -3.50. The van der Waals surface area contributed by atoms with Gasteiger partial charge in [0.15, 0.2) is 0 Å². The second kappa shape index (κ2) is 6.08. The van der Waals surface area contributed by atoms with Gasteiger partial charge < -0.3 is 4.74 Å². The van der Waals surface area contributed by atoms with Gasteiger partial charge >= 0.3 is 5.97 Å². The zero-order valence-corrected chi connectivity index (χ0v) is 9.17. The summed E-state index contributed by atoms with van der Waals surface area (Å²) in [7, 11) is 0. The van der Waals surface area contributed by atoms with Gasteiger partial charge in [-0.05, 0) is 6.92 Å². The van der Waals surface area contributed by atoms with Crippen LogP contribution in [0.1, 0.15) is 18.9 Å². The molecule has 0 N–H and O–H groups in total. The number of carbonyl (C=O) groups is 1. The fourth-order valence-electron chi connectivity index (χ4n) is 1.21. The first-order valence-corrected chi connectivity index (χ1v) is 5.01. The SMILES string of the molecule is CCOC(=O)CC=Cc1c(F)cc(F)cc1F. The molecule has 0 atom stereocenters. The highest BCUT2D eigenvalue weighted by Crippen LogP contribution is 2.16. The highest BCUT2D eigenvalue weighted by Gasteiger charge is 2.08. The Morgan fingerprint density at radius 3 is 2.41 bits per heavy atom. The standard InChI is InChI=1S/C12H11F3O2/c1-2-17-12(16)5-3-4-9-10(14)6-8(13)7-11(9)15/h3-4,6-7H,2,5H2,1H3. The molecule has 0 heterocycles. The second-order valence-corrected chi connectivity index (χ2v) is 3.19. The van der Waals surface area contributed by atoms with Crippen LogP contribution in [0.15, 0.2) is 18.2 Å². The lowest BCUT2D eigenvalue weighted by molar-refractivity contribution is -0.142. The van der Waals surface area contributed by atoms with E-state index in [2.05, 4.69) is 4.74 Å². The van der Waals surface area contributed by atoms with Crippen LogP contribution in [0.2, 0.25) is 0 Å². The van der Waals surface area contributed by atoms with Gasteiger partial charge in [0, 0.05) is 17.7 Å². The Morgan fingerprint density at radius 1 is 1.29 bits per heavy atom. The molecule has 2 nitrogen and oxygen atoms in total. The van der Waals surface area contributed by atoms with E-state index in [0.29, 0.717) is 12.1 Å². The van der Waals surface area contributed by atoms with Gasteiger partial charge in [0.1, 0.15) is 17.5 Å². The normalized spacial score (nSPS) is 10.8. The van der Waals surface area contributed by atoms with Crippen LogP contribution in [0, 0.1) is 17.5 Å². The summed E-state index contributed by atoms with van der Waals surface area (Å²) in [6, 6.07) is 1.15. The number of benzene rings is 1. The molecule has 5 heteroatoms. The Bertz CT molecular complexity index is 418. The van der Waals surface area contributed by atoms with Crippen LogP contribution in [0.25, 0.3) is 6.08 Å². The van der Waals surface area contributed by atoms with Crippen molar-refractivity contribution in [2.45, 2.75) is 13.3 Å². The van der Waals surface area contributed by atoms with Crippen molar-refractivity contribution in [2.75, 3.05) is 6.61 Å². The van der Waals surface area contributed by atoms with Crippen LogP contribution in [-0.2, 0) is 9.53 Å². The zero-order valence-electron chi connectivity index (χ0n) is 9.17. The lowest BCUT2D eigenvalue weighted by atomic mass is 10.1. The Labute approximate surface area is 96.7 Å². The molecule has 0 saturated carbocycles. The van der Waals surface area contributed by atoms with Crippen molar-refractivity contribution < 1.29 is 22.7 Å². The van der Waals surface area contributed by atoms with Crippen LogP contribution >= 0.6 is 0 Å². The number of hydrogen-bond acceptors (Lipinski definition) is 2. The highest BCUT2D eigenvalue weighted by atomic mass is 19.1. The molecule has 0 aliphatic rings. The van der Waals surface area contributed by atoms with E-state index < -0.39 is 23.4 Å². The van der Waals surface area contributed by atoms with Crippen molar-refractivity contribution in [3.8, 4) is 0 Å². The Morgan fingerprint density at radius 2 is 1.88 bits per heavy atom. The van der Waals surface area contributed by atoms with Gasteiger partial charge in [0.25, 0.3) is 0 Å². The van der Waals surface area contributed by atoms with Gasteiger partial charge in [-0.25, -0.2) is 13.2 Å². The van der Waals surface area contributed by atoms with Crippen molar-refractivity contribution in [3.63, 3.8) is 0 Å². The minimum atomic E-state index is -1.01. The summed E-state index contributed by atoms with van der Waals surface area (Å²) in [5, 5.41) is 0. The summed E-state index contributed by atoms with van der Waals surface area (Å²) < 4.78 is 43.5. The molecule has 0 fully saturated rings. The molecule has 0 aliphatic carbocycles. The zero-order chi connectivity index (χ0) is 12.8. The average Bonchev–Trinajstić information content (AvgIpc) is 2.22. The van der Waals surface area contributed by atoms with Crippen molar-refractivity contribution >= 4 is 12.0 Å². The monoisotopic (exact) mass is 244 g/mol. The molecule has 0 aliphatic heterocycles. The van der Waals surface area contributed by atoms with Crippen LogP contribution < -0.4 is 0 Å². The van der Waals surface area contributed by atoms with Crippen molar-refractivity contribution in [2.24, 2.45) is 0 Å². The van der Waals surface area contributed by atoms with E-state index in [1.807, 2.05) is 0 Å². The molecule has 1 aromatic carbocycles. The third kappa shape index (κ3) is 3.94. The first kappa shape index (κ1) is 13.3. The largest absolute Gasteiger partial charge is 0.466 e. The summed E-state index contributed by atoms with van der Waals surface area (Å²) in [6.45, 7) is 1.90. The minimum absolute atomic E-state index is 0.0932. The van der Waals surface area contributed by atoms with Crippen molar-refractivity contribution in [1.82, 2.24) is 0 Å². The van der Waals surface area contributed by atoms with Gasteiger partial charge in [-0.1, -0.05) is 12.2 Å². The minimum Gasteiger partial charge on any atom is -0.466 e. The average molecular weight is 244 g/mol. The van der Waals surface area contributed by atoms with Crippen LogP contribution in [0.4, 0.5) is 13.2 Å². The molecule has 17 heavy (non-hydrogen) atoms. The van der Waals surface area contributed by atoms with E-state index in [-0.39, 0.29) is 18.6 Å². The molecule has 0 spiro atoms. The summed E-state index contributed by atoms with van der Waals surface area (Å²) >= 11 is 0. The molecule has 92 valence electrons. The van der Waals surface area contributed by atoms with Gasteiger partial charge in [-0.3, -0.25) is 4.79 Å². The molecule has 0 saturated heterocycles. The van der Waals surface area contributed by atoms with Gasteiger partial charge in [0.05, 0.1) is 13.0 Å². The molecule has 0 bridgehead atoms. The Hall–Kier alpha value is -1.78. The predicted octanol–water partition coefficient (Wildman–Crippen LogP) is 3.07. The van der Waals surface area contributed by atoms with Crippen molar-refractivity contribution in [1.29, 1.82) is 0 Å². The maximum absolute atomic E-state index is 13.1. The second-order valence-electron chi connectivity index (χ2n) is 3.19. The van der Waals surface area contributed by atoms with Crippen LogP contribution in [0.5, 0.6) is 0 Å². The molecular formula is C12H11F3O2. The van der Waals surface area contributed by atoms with E-state index in [1.54, 1.807) is 6.92 Å². The summed E-state index contributed by atoms with van der Waals surface area (Å²) in [6.07, 6.45) is 2.25. The van der Waals surface area contributed by atoms with Gasteiger partial charge in [0.2, 0.25) is 0 Å². The Kier molecular flexibility index (Phi) is 4.75. The third-order valence-corrected chi connectivity index (χ3v) is 1.92. The first-order chi connectivity index (χ1) is 8.04. The van der Waals surface area contributed by atoms with E-state index in [0.717, 1.165) is 6.08 Å². The maximum atomic E-state index is 13.1. The lowest BCUT2D eigenvalue weighted by Gasteiger charge is -2.00. The number of halogens is 3. The van der Waals surface area contributed by atoms with Gasteiger partial charge in [-0.15, -0.1) is 0 Å². The van der Waals surface area contributed by atoms with E-state index in [4.69, 9.17) is 0 Å². The highest BCUT2D eigenvalue weighted by molar-refractivity contribution is 5.72. The number of rotatable bonds is 4. The molecule has 0 amide bonds. The smallest absolute Gasteiger partial charge is 0.309 e. The van der Waals surface area contributed by atoms with Crippen molar-refractivity contribution in [3.05, 3.63) is 41.2 Å². The quantitative estimate of drug-likeness (QED) is 0.761. The summed E-state index contributed by atoms with van der Waals surface area (Å²) in [5.41, 5.74) is -0.379. The summed E-state index contributed by atoms with van der Waals surface area (Å²) in [4.78, 5) is 10.9. The third-order valence-electron chi connectivity index (χ3n) is 1.92. The molecule has 1 aromatic rings. The van der Waals surface area contributed by atoms with Crippen LogP contribution in [-0.4, -0.2) is 12.6 Å². The maximum Gasteiger partial charge on any atom is 0.309 e. The predicted molar refractivity (Wildman–Crippen MR) is 56.6 cm³/mol. The number of ether oxygens (including phenoxy) is 1. The van der Waals surface area contributed by atoms with Crippen LogP contribution in [0.3, 0.4) is 0 Å². The number of carbonyl (C=O) groups excluding carboxylic acids is 1. The molecule has 0 radical (unpaired) electrons. The van der Waals surface area contributed by atoms with E-state index in [9.17, 15) is 18.0 Å². The number of hydrogen-bond donors (Lipinski definition) is 0. The lowest BCUT2D eigenvalue weighted by Crippen LogP contribution is -2.01. The fourth-order valence-corrected chi connectivity index (χ4v) is 1.21. The molecule has 0 unspecified atom stereocenters. The van der Waals surface area contributed by atoms with E-state index in [1.165, 1.54) is 6.08 Å². The first-order valence-electron chi connectivity index (χ1n) is 5.01. The van der Waals surface area contributed by atoms with Gasteiger partial charge in [-0.2, -0.15) is 0 Å². The fraction of sp³-hybridized carbons (Fsp3) is 0.250. The topological polar surface area (TPSA) is 26.3 Å².